The molecule has 8 heteroatoms. The summed E-state index contributed by atoms with van der Waals surface area (Å²) in [6.07, 6.45) is 5.69. The lowest BCUT2D eigenvalue weighted by molar-refractivity contribution is 0.325. The topological polar surface area (TPSA) is 83.9 Å². The first-order valence-corrected chi connectivity index (χ1v) is 9.76. The van der Waals surface area contributed by atoms with Crippen molar-refractivity contribution in [3.05, 3.63) is 29.3 Å². The molecular formula is C15H23N5O2S. The van der Waals surface area contributed by atoms with Crippen molar-refractivity contribution in [1.29, 1.82) is 0 Å². The zero-order valence-electron chi connectivity index (χ0n) is 13.8. The van der Waals surface area contributed by atoms with Gasteiger partial charge in [0.15, 0.2) is 9.84 Å². The van der Waals surface area contributed by atoms with Gasteiger partial charge in [-0.3, -0.25) is 14.7 Å². The van der Waals surface area contributed by atoms with E-state index < -0.39 is 9.84 Å². The van der Waals surface area contributed by atoms with Gasteiger partial charge in [0.05, 0.1) is 17.6 Å². The van der Waals surface area contributed by atoms with Crippen molar-refractivity contribution in [2.75, 3.05) is 19.3 Å². The molecule has 1 unspecified atom stereocenters. The average molecular weight is 337 g/mol. The third-order valence-corrected chi connectivity index (χ3v) is 5.60. The lowest BCUT2D eigenvalue weighted by Gasteiger charge is -2.15. The van der Waals surface area contributed by atoms with Crippen LogP contribution in [-0.2, 0) is 22.9 Å². The van der Waals surface area contributed by atoms with E-state index in [0.29, 0.717) is 4.90 Å². The Bertz CT molecular complexity index is 793. The van der Waals surface area contributed by atoms with Gasteiger partial charge in [0.25, 0.3) is 0 Å². The second kappa shape index (κ2) is 6.09. The second-order valence-electron chi connectivity index (χ2n) is 6.24. The minimum atomic E-state index is -3.24. The molecule has 1 fully saturated rings. The highest BCUT2D eigenvalue weighted by molar-refractivity contribution is 7.90. The van der Waals surface area contributed by atoms with Crippen LogP contribution in [-0.4, -0.2) is 52.6 Å². The van der Waals surface area contributed by atoms with E-state index in [1.54, 1.807) is 0 Å². The number of aromatic nitrogens is 4. The molecule has 1 aliphatic heterocycles. The van der Waals surface area contributed by atoms with E-state index in [9.17, 15) is 8.42 Å². The van der Waals surface area contributed by atoms with Gasteiger partial charge >= 0.3 is 0 Å². The number of aromatic amines is 1. The van der Waals surface area contributed by atoms with E-state index in [-0.39, 0.29) is 5.92 Å². The normalized spacial score (nSPS) is 19.5. The summed E-state index contributed by atoms with van der Waals surface area (Å²) in [5.74, 6) is 0.184. The predicted molar refractivity (Wildman–Crippen MR) is 87.0 cm³/mol. The van der Waals surface area contributed by atoms with Gasteiger partial charge in [-0.05, 0) is 26.8 Å². The van der Waals surface area contributed by atoms with Gasteiger partial charge < -0.3 is 0 Å². The molecule has 1 aliphatic rings. The first-order chi connectivity index (χ1) is 10.9. The third kappa shape index (κ3) is 3.32. The van der Waals surface area contributed by atoms with E-state index >= 15 is 0 Å². The molecule has 0 saturated carbocycles. The number of aryl methyl sites for hydroxylation is 2. The van der Waals surface area contributed by atoms with Crippen LogP contribution in [0.25, 0.3) is 0 Å². The first kappa shape index (κ1) is 16.2. The second-order valence-corrected chi connectivity index (χ2v) is 8.22. The van der Waals surface area contributed by atoms with Crippen LogP contribution in [0.5, 0.6) is 0 Å². The van der Waals surface area contributed by atoms with Gasteiger partial charge in [-0.1, -0.05) is 0 Å². The van der Waals surface area contributed by atoms with Crippen LogP contribution in [0.15, 0.2) is 17.3 Å². The van der Waals surface area contributed by atoms with E-state index in [4.69, 9.17) is 0 Å². The minimum Gasteiger partial charge on any atom is -0.298 e. The van der Waals surface area contributed by atoms with Gasteiger partial charge in [-0.2, -0.15) is 10.2 Å². The lowest BCUT2D eigenvalue weighted by atomic mass is 10.1. The van der Waals surface area contributed by atoms with E-state index in [2.05, 4.69) is 33.3 Å². The molecule has 0 radical (unpaired) electrons. The van der Waals surface area contributed by atoms with E-state index in [1.807, 2.05) is 11.6 Å². The van der Waals surface area contributed by atoms with Crippen molar-refractivity contribution in [3.8, 4) is 0 Å². The number of likely N-dealkylation sites (tertiary alicyclic amines) is 1. The SMILES string of the molecule is CCn1cc(CN2CCC(c3[nH]ncc3S(C)(=O)=O)C2)c(C)n1. The van der Waals surface area contributed by atoms with Gasteiger partial charge in [-0.25, -0.2) is 8.42 Å². The van der Waals surface area contributed by atoms with Crippen molar-refractivity contribution < 1.29 is 8.42 Å². The highest BCUT2D eigenvalue weighted by atomic mass is 32.2. The predicted octanol–water partition coefficient (Wildman–Crippen LogP) is 1.33. The van der Waals surface area contributed by atoms with Crippen LogP contribution in [0, 0.1) is 6.92 Å². The smallest absolute Gasteiger partial charge is 0.178 e. The maximum Gasteiger partial charge on any atom is 0.178 e. The van der Waals surface area contributed by atoms with Crippen LogP contribution < -0.4 is 0 Å². The summed E-state index contributed by atoms with van der Waals surface area (Å²) in [7, 11) is -3.24. The number of sulfone groups is 1. The largest absolute Gasteiger partial charge is 0.298 e. The number of hydrogen-bond donors (Lipinski definition) is 1. The monoisotopic (exact) mass is 337 g/mol. The van der Waals surface area contributed by atoms with Crippen LogP contribution in [0.3, 0.4) is 0 Å². The Kier molecular flexibility index (Phi) is 4.29. The van der Waals surface area contributed by atoms with Crippen molar-refractivity contribution in [2.24, 2.45) is 0 Å². The Morgan fingerprint density at radius 1 is 1.43 bits per heavy atom. The molecule has 3 heterocycles. The highest BCUT2D eigenvalue weighted by Gasteiger charge is 2.30. The quantitative estimate of drug-likeness (QED) is 0.890. The maximum absolute atomic E-state index is 11.8. The van der Waals surface area contributed by atoms with Crippen LogP contribution in [0.2, 0.25) is 0 Å². The standard InChI is InChI=1S/C15H23N5O2S/c1-4-20-10-13(11(2)18-20)9-19-6-5-12(8-19)15-14(7-16-17-15)23(3,21)22/h7,10,12H,4-6,8-9H2,1-3H3,(H,16,17). The van der Waals surface area contributed by atoms with Gasteiger partial charge in [0.2, 0.25) is 0 Å². The molecule has 3 rings (SSSR count). The van der Waals surface area contributed by atoms with E-state index in [1.165, 1.54) is 18.0 Å². The van der Waals surface area contributed by atoms with Gasteiger partial charge in [0.1, 0.15) is 4.90 Å². The first-order valence-electron chi connectivity index (χ1n) is 7.87. The molecule has 7 nitrogen and oxygen atoms in total. The molecule has 1 N–H and O–H groups in total. The molecule has 0 bridgehead atoms. The summed E-state index contributed by atoms with van der Waals surface area (Å²) in [4.78, 5) is 2.68. The summed E-state index contributed by atoms with van der Waals surface area (Å²) in [6.45, 7) is 7.61. The number of hydrogen-bond acceptors (Lipinski definition) is 5. The Balaban J connectivity index is 1.72. The van der Waals surface area contributed by atoms with Crippen LogP contribution >= 0.6 is 0 Å². The zero-order chi connectivity index (χ0) is 16.6. The number of rotatable bonds is 5. The van der Waals surface area contributed by atoms with Crippen molar-refractivity contribution in [2.45, 2.75) is 44.2 Å². The molecule has 0 amide bonds. The summed E-state index contributed by atoms with van der Waals surface area (Å²) in [6, 6.07) is 0. The summed E-state index contributed by atoms with van der Waals surface area (Å²) >= 11 is 0. The Hall–Kier alpha value is -1.67. The number of nitrogens with zero attached hydrogens (tertiary/aromatic N) is 4. The molecule has 2 aromatic heterocycles. The zero-order valence-corrected chi connectivity index (χ0v) is 14.6. The number of nitrogens with one attached hydrogen (secondary N) is 1. The average Bonchev–Trinajstić information content (AvgIpc) is 3.18. The fraction of sp³-hybridized carbons (Fsp3) is 0.600. The Morgan fingerprint density at radius 2 is 2.22 bits per heavy atom. The summed E-state index contributed by atoms with van der Waals surface area (Å²) in [5.41, 5.74) is 3.05. The summed E-state index contributed by atoms with van der Waals surface area (Å²) in [5, 5.41) is 11.3. The van der Waals surface area contributed by atoms with Crippen LogP contribution in [0.4, 0.5) is 0 Å². The molecule has 0 spiro atoms. The lowest BCUT2D eigenvalue weighted by Crippen LogP contribution is -2.20. The van der Waals surface area contributed by atoms with Crippen molar-refractivity contribution >= 4 is 9.84 Å². The molecular weight excluding hydrogens is 314 g/mol. The molecule has 126 valence electrons. The van der Waals surface area contributed by atoms with Crippen molar-refractivity contribution in [1.82, 2.24) is 24.9 Å². The van der Waals surface area contributed by atoms with Gasteiger partial charge in [-0.15, -0.1) is 0 Å². The molecule has 1 atom stereocenters. The Labute approximate surface area is 136 Å². The highest BCUT2D eigenvalue weighted by Crippen LogP contribution is 2.31. The fourth-order valence-electron chi connectivity index (χ4n) is 3.20. The van der Waals surface area contributed by atoms with Crippen molar-refractivity contribution in [3.63, 3.8) is 0 Å². The van der Waals surface area contributed by atoms with Crippen LogP contribution in [0.1, 0.15) is 36.2 Å². The molecule has 0 aromatic carbocycles. The Morgan fingerprint density at radius 3 is 2.87 bits per heavy atom. The molecule has 2 aromatic rings. The molecule has 1 saturated heterocycles. The minimum absolute atomic E-state index is 0.184. The van der Waals surface area contributed by atoms with Gasteiger partial charge in [0, 0.05) is 43.6 Å². The van der Waals surface area contributed by atoms with E-state index in [0.717, 1.165) is 44.0 Å². The molecule has 23 heavy (non-hydrogen) atoms. The maximum atomic E-state index is 11.8. The fourth-order valence-corrected chi connectivity index (χ4v) is 4.06. The summed E-state index contributed by atoms with van der Waals surface area (Å²) < 4.78 is 25.6. The molecule has 0 aliphatic carbocycles. The number of H-pyrrole nitrogens is 1. The third-order valence-electron chi connectivity index (χ3n) is 4.48.